The van der Waals surface area contributed by atoms with Gasteiger partial charge in [-0.15, -0.1) is 0 Å². The smallest absolute Gasteiger partial charge is 0.313 e. The van der Waals surface area contributed by atoms with E-state index in [2.05, 4.69) is 27.8 Å². The largest absolute Gasteiger partial charge is 0.481 e. The fourth-order valence-electron chi connectivity index (χ4n) is 2.40. The van der Waals surface area contributed by atoms with Gasteiger partial charge in [0.2, 0.25) is 0 Å². The Hall–Kier alpha value is -1.15. The van der Waals surface area contributed by atoms with Gasteiger partial charge < -0.3 is 5.11 Å². The molecule has 2 rings (SSSR count). The third-order valence-corrected chi connectivity index (χ3v) is 4.98. The molecule has 0 aliphatic heterocycles. The lowest BCUT2D eigenvalue weighted by Crippen LogP contribution is -2.14. The van der Waals surface area contributed by atoms with Gasteiger partial charge in [0, 0.05) is 18.8 Å². The minimum atomic E-state index is -0.827. The highest BCUT2D eigenvalue weighted by Crippen LogP contribution is 2.31. The van der Waals surface area contributed by atoms with Crippen molar-refractivity contribution >= 4 is 40.7 Å². The summed E-state index contributed by atoms with van der Waals surface area (Å²) in [6.07, 6.45) is 3.05. The Labute approximate surface area is 132 Å². The summed E-state index contributed by atoms with van der Waals surface area (Å²) in [4.78, 5) is 15.5. The maximum Gasteiger partial charge on any atom is 0.313 e. The monoisotopic (exact) mass is 328 g/mol. The number of aryl methyl sites for hydroxylation is 2. The molecule has 0 aromatic carbocycles. The molecular weight excluding hydrogens is 308 g/mol. The summed E-state index contributed by atoms with van der Waals surface area (Å²) in [5.74, 6) is 0.157. The molecule has 1 N–H and O–H groups in total. The molecule has 0 aliphatic carbocycles. The number of rotatable bonds is 7. The highest BCUT2D eigenvalue weighted by molar-refractivity contribution is 7.99. The Kier molecular flexibility index (Phi) is 5.21. The fraction of sp³-hybridized carbons (Fsp3) is 0.615. The number of carboxylic acid groups (broad SMARTS) is 1. The van der Waals surface area contributed by atoms with Crippen molar-refractivity contribution in [3.8, 4) is 0 Å². The highest BCUT2D eigenvalue weighted by Gasteiger charge is 2.23. The molecule has 0 aliphatic rings. The van der Waals surface area contributed by atoms with E-state index >= 15 is 0 Å². The normalized spacial score (nSPS) is 13.0. The second-order valence-electron chi connectivity index (χ2n) is 4.85. The maximum absolute atomic E-state index is 10.9. The standard InChI is InChI=1S/C13H20N4O2S2/c1-5-9(6-20-4)17-12-11(8(2)15-16(12)3)14-13(17)21-7-10(18)19/h9H,5-7H2,1-4H3,(H,18,19). The van der Waals surface area contributed by atoms with Crippen LogP contribution >= 0.6 is 23.5 Å². The first-order valence-corrected chi connectivity index (χ1v) is 9.12. The Bertz CT molecular complexity index is 650. The van der Waals surface area contributed by atoms with Crippen LogP contribution in [-0.2, 0) is 11.8 Å². The van der Waals surface area contributed by atoms with Crippen LogP contribution in [0.3, 0.4) is 0 Å². The minimum absolute atomic E-state index is 0.0193. The van der Waals surface area contributed by atoms with Crippen molar-refractivity contribution in [2.24, 2.45) is 7.05 Å². The molecule has 2 aromatic heterocycles. The number of aromatic nitrogens is 4. The molecule has 21 heavy (non-hydrogen) atoms. The lowest BCUT2D eigenvalue weighted by molar-refractivity contribution is -0.133. The molecule has 2 heterocycles. The van der Waals surface area contributed by atoms with E-state index in [-0.39, 0.29) is 11.8 Å². The van der Waals surface area contributed by atoms with Gasteiger partial charge in [-0.1, -0.05) is 18.7 Å². The lowest BCUT2D eigenvalue weighted by Gasteiger charge is -2.19. The van der Waals surface area contributed by atoms with Crippen molar-refractivity contribution in [2.45, 2.75) is 31.5 Å². The molecule has 0 fully saturated rings. The Morgan fingerprint density at radius 2 is 2.19 bits per heavy atom. The van der Waals surface area contributed by atoms with Crippen molar-refractivity contribution in [3.63, 3.8) is 0 Å². The van der Waals surface area contributed by atoms with E-state index in [1.165, 1.54) is 11.8 Å². The van der Waals surface area contributed by atoms with Crippen LogP contribution in [-0.4, -0.2) is 48.2 Å². The van der Waals surface area contributed by atoms with E-state index in [0.717, 1.165) is 34.2 Å². The van der Waals surface area contributed by atoms with E-state index < -0.39 is 5.97 Å². The van der Waals surface area contributed by atoms with Crippen molar-refractivity contribution in [1.82, 2.24) is 19.3 Å². The average molecular weight is 328 g/mol. The van der Waals surface area contributed by atoms with Gasteiger partial charge in [0.25, 0.3) is 0 Å². The topological polar surface area (TPSA) is 72.9 Å². The van der Waals surface area contributed by atoms with Crippen LogP contribution in [0.5, 0.6) is 0 Å². The molecule has 0 amide bonds. The molecule has 2 aromatic rings. The van der Waals surface area contributed by atoms with E-state index in [1.54, 1.807) is 11.8 Å². The summed E-state index contributed by atoms with van der Waals surface area (Å²) in [5, 5.41) is 14.1. The molecule has 0 spiro atoms. The van der Waals surface area contributed by atoms with Crippen LogP contribution in [0.15, 0.2) is 5.16 Å². The van der Waals surface area contributed by atoms with Gasteiger partial charge in [-0.3, -0.25) is 14.0 Å². The quantitative estimate of drug-likeness (QED) is 0.788. The molecule has 1 unspecified atom stereocenters. The zero-order valence-electron chi connectivity index (χ0n) is 12.7. The molecule has 1 atom stereocenters. The third-order valence-electron chi connectivity index (χ3n) is 3.32. The first kappa shape index (κ1) is 16.2. The predicted octanol–water partition coefficient (Wildman–Crippen LogP) is 2.57. The lowest BCUT2D eigenvalue weighted by atomic mass is 10.2. The number of fused-ring (bicyclic) bond motifs is 1. The first-order chi connectivity index (χ1) is 9.99. The van der Waals surface area contributed by atoms with Gasteiger partial charge in [0.1, 0.15) is 5.52 Å². The number of thioether (sulfide) groups is 2. The van der Waals surface area contributed by atoms with Crippen molar-refractivity contribution < 1.29 is 9.90 Å². The van der Waals surface area contributed by atoms with Gasteiger partial charge in [-0.2, -0.15) is 16.9 Å². The van der Waals surface area contributed by atoms with E-state index in [1.807, 2.05) is 18.7 Å². The van der Waals surface area contributed by atoms with E-state index in [0.29, 0.717) is 0 Å². The Morgan fingerprint density at radius 1 is 1.48 bits per heavy atom. The zero-order valence-corrected chi connectivity index (χ0v) is 14.3. The number of nitrogens with zero attached hydrogens (tertiary/aromatic N) is 4. The predicted molar refractivity (Wildman–Crippen MR) is 87.3 cm³/mol. The molecule has 0 saturated heterocycles. The summed E-state index contributed by atoms with van der Waals surface area (Å²) in [7, 11) is 1.91. The molecule has 0 radical (unpaired) electrons. The van der Waals surface area contributed by atoms with Gasteiger partial charge in [-0.05, 0) is 19.6 Å². The summed E-state index contributed by atoms with van der Waals surface area (Å²) < 4.78 is 3.99. The first-order valence-electron chi connectivity index (χ1n) is 6.74. The summed E-state index contributed by atoms with van der Waals surface area (Å²) in [6, 6.07) is 0.288. The van der Waals surface area contributed by atoms with Crippen LogP contribution in [0.25, 0.3) is 11.2 Å². The van der Waals surface area contributed by atoms with E-state index in [4.69, 9.17) is 5.11 Å². The summed E-state index contributed by atoms with van der Waals surface area (Å²) >= 11 is 3.06. The van der Waals surface area contributed by atoms with E-state index in [9.17, 15) is 4.79 Å². The fourth-order valence-corrected chi connectivity index (χ4v) is 3.95. The second-order valence-corrected chi connectivity index (χ2v) is 6.70. The Balaban J connectivity index is 2.54. The highest BCUT2D eigenvalue weighted by atomic mass is 32.2. The second kappa shape index (κ2) is 6.74. The van der Waals surface area contributed by atoms with Gasteiger partial charge >= 0.3 is 5.97 Å². The van der Waals surface area contributed by atoms with Crippen molar-refractivity contribution in [2.75, 3.05) is 17.8 Å². The van der Waals surface area contributed by atoms with Crippen LogP contribution in [0, 0.1) is 6.92 Å². The van der Waals surface area contributed by atoms with Crippen LogP contribution < -0.4 is 0 Å². The number of carbonyl (C=O) groups is 1. The minimum Gasteiger partial charge on any atom is -0.481 e. The summed E-state index contributed by atoms with van der Waals surface area (Å²) in [6.45, 7) is 4.07. The van der Waals surface area contributed by atoms with Gasteiger partial charge in [-0.25, -0.2) is 4.98 Å². The number of carboxylic acids is 1. The number of hydrogen-bond donors (Lipinski definition) is 1. The molecule has 8 heteroatoms. The SMILES string of the molecule is CCC(CSC)n1c(SCC(=O)O)nc2c(C)nn(C)c21. The van der Waals surface area contributed by atoms with Crippen molar-refractivity contribution in [1.29, 1.82) is 0 Å². The molecular formula is C13H20N4O2S2. The molecule has 6 nitrogen and oxygen atoms in total. The number of aliphatic carboxylic acids is 1. The molecule has 0 bridgehead atoms. The van der Waals surface area contributed by atoms with Crippen LogP contribution in [0.1, 0.15) is 25.1 Å². The molecule has 116 valence electrons. The van der Waals surface area contributed by atoms with Gasteiger partial charge in [0.15, 0.2) is 10.8 Å². The number of imidazole rings is 1. The molecule has 0 saturated carbocycles. The van der Waals surface area contributed by atoms with Crippen molar-refractivity contribution in [3.05, 3.63) is 5.69 Å². The maximum atomic E-state index is 10.9. The van der Waals surface area contributed by atoms with Crippen LogP contribution in [0.2, 0.25) is 0 Å². The van der Waals surface area contributed by atoms with Gasteiger partial charge in [0.05, 0.1) is 11.4 Å². The Morgan fingerprint density at radius 3 is 2.76 bits per heavy atom. The number of hydrogen-bond acceptors (Lipinski definition) is 5. The van der Waals surface area contributed by atoms with Crippen LogP contribution in [0.4, 0.5) is 0 Å². The average Bonchev–Trinajstić information content (AvgIpc) is 2.93. The zero-order chi connectivity index (χ0) is 15.6. The summed E-state index contributed by atoms with van der Waals surface area (Å²) in [5.41, 5.74) is 2.72. The third kappa shape index (κ3) is 3.21.